The van der Waals surface area contributed by atoms with E-state index < -0.39 is 12.0 Å². The highest BCUT2D eigenvalue weighted by Crippen LogP contribution is 2.12. The Balaban J connectivity index is 2.41. The monoisotopic (exact) mass is 255 g/mol. The molecule has 0 saturated carbocycles. The Hall–Kier alpha value is -1.20. The van der Waals surface area contributed by atoms with Crippen LogP contribution in [0.15, 0.2) is 24.3 Å². The number of methoxy groups -OCH3 is 1. The van der Waals surface area contributed by atoms with E-state index in [1.165, 1.54) is 0 Å². The normalized spacial score (nSPS) is 11.9. The fourth-order valence-corrected chi connectivity index (χ4v) is 1.52. The van der Waals surface area contributed by atoms with Crippen LogP contribution in [0.25, 0.3) is 0 Å². The summed E-state index contributed by atoms with van der Waals surface area (Å²) in [7, 11) is 1.60. The van der Waals surface area contributed by atoms with E-state index in [0.717, 1.165) is 11.3 Å². The number of benzene rings is 1. The molecular weight excluding hydrogens is 238 g/mol. The van der Waals surface area contributed by atoms with Gasteiger partial charge in [0.05, 0.1) is 7.11 Å². The van der Waals surface area contributed by atoms with Crippen LogP contribution in [0, 0.1) is 0 Å². The molecule has 17 heavy (non-hydrogen) atoms. The molecule has 0 bridgehead atoms. The first-order chi connectivity index (χ1) is 8.17. The van der Waals surface area contributed by atoms with Gasteiger partial charge in [0.25, 0.3) is 0 Å². The summed E-state index contributed by atoms with van der Waals surface area (Å²) >= 11 is 4.01. The fraction of sp³-hybridized carbons (Fsp3) is 0.417. The van der Waals surface area contributed by atoms with E-state index in [2.05, 4.69) is 12.6 Å². The van der Waals surface area contributed by atoms with Gasteiger partial charge in [-0.05, 0) is 29.9 Å². The lowest BCUT2D eigenvalue weighted by molar-refractivity contribution is -0.146. The number of esters is 1. The SMILES string of the molecule is COc1ccc(COC(=O)C(N)CCS)cc1. The Morgan fingerprint density at radius 3 is 2.59 bits per heavy atom. The van der Waals surface area contributed by atoms with E-state index in [1.807, 2.05) is 24.3 Å². The number of rotatable bonds is 6. The predicted molar refractivity (Wildman–Crippen MR) is 69.2 cm³/mol. The van der Waals surface area contributed by atoms with Crippen LogP contribution in [0.3, 0.4) is 0 Å². The van der Waals surface area contributed by atoms with E-state index in [1.54, 1.807) is 7.11 Å². The third-order valence-corrected chi connectivity index (χ3v) is 2.54. The minimum absolute atomic E-state index is 0.225. The standard InChI is InChI=1S/C12H17NO3S/c1-15-10-4-2-9(3-5-10)8-16-12(14)11(13)6-7-17/h2-5,11,17H,6-8,13H2,1H3. The maximum Gasteiger partial charge on any atom is 0.323 e. The third kappa shape index (κ3) is 4.66. The average molecular weight is 255 g/mol. The molecule has 4 nitrogen and oxygen atoms in total. The summed E-state index contributed by atoms with van der Waals surface area (Å²) in [5.74, 6) is 0.945. The van der Waals surface area contributed by atoms with Crippen molar-refractivity contribution in [3.8, 4) is 5.75 Å². The molecule has 1 unspecified atom stereocenters. The van der Waals surface area contributed by atoms with Crippen LogP contribution in [-0.2, 0) is 16.1 Å². The molecule has 0 aromatic heterocycles. The quantitative estimate of drug-likeness (QED) is 0.595. The molecule has 1 aromatic carbocycles. The zero-order valence-corrected chi connectivity index (χ0v) is 10.7. The van der Waals surface area contributed by atoms with Crippen molar-refractivity contribution in [2.24, 2.45) is 5.73 Å². The van der Waals surface area contributed by atoms with Gasteiger partial charge in [-0.2, -0.15) is 12.6 Å². The summed E-state index contributed by atoms with van der Waals surface area (Å²) in [5.41, 5.74) is 6.49. The van der Waals surface area contributed by atoms with E-state index in [-0.39, 0.29) is 6.61 Å². The van der Waals surface area contributed by atoms with Crippen LogP contribution in [0.2, 0.25) is 0 Å². The molecule has 0 aliphatic carbocycles. The van der Waals surface area contributed by atoms with Gasteiger partial charge in [0, 0.05) is 0 Å². The van der Waals surface area contributed by atoms with Crippen LogP contribution < -0.4 is 10.5 Å². The molecule has 2 N–H and O–H groups in total. The summed E-state index contributed by atoms with van der Waals surface area (Å²) in [5, 5.41) is 0. The van der Waals surface area contributed by atoms with Crippen LogP contribution in [0.4, 0.5) is 0 Å². The van der Waals surface area contributed by atoms with Gasteiger partial charge >= 0.3 is 5.97 Å². The highest BCUT2D eigenvalue weighted by Gasteiger charge is 2.13. The molecule has 0 amide bonds. The highest BCUT2D eigenvalue weighted by molar-refractivity contribution is 7.80. The molecule has 0 aliphatic heterocycles. The van der Waals surface area contributed by atoms with E-state index in [9.17, 15) is 4.79 Å². The summed E-state index contributed by atoms with van der Waals surface area (Å²) in [6.07, 6.45) is 0.518. The molecule has 0 radical (unpaired) electrons. The zero-order chi connectivity index (χ0) is 12.7. The van der Waals surface area contributed by atoms with Gasteiger partial charge in [0.2, 0.25) is 0 Å². The van der Waals surface area contributed by atoms with Crippen molar-refractivity contribution >= 4 is 18.6 Å². The number of ether oxygens (including phenoxy) is 2. The molecule has 0 saturated heterocycles. The van der Waals surface area contributed by atoms with Crippen molar-refractivity contribution < 1.29 is 14.3 Å². The van der Waals surface area contributed by atoms with Gasteiger partial charge in [-0.25, -0.2) is 0 Å². The lowest BCUT2D eigenvalue weighted by Gasteiger charge is -2.10. The Kier molecular flexibility index (Phi) is 5.86. The molecule has 0 heterocycles. The first kappa shape index (κ1) is 13.9. The topological polar surface area (TPSA) is 61.5 Å². The summed E-state index contributed by atoms with van der Waals surface area (Å²) in [6.45, 7) is 0.225. The first-order valence-corrected chi connectivity index (χ1v) is 5.96. The number of carbonyl (C=O) groups is 1. The summed E-state index contributed by atoms with van der Waals surface area (Å²) < 4.78 is 10.1. The maximum absolute atomic E-state index is 11.4. The van der Waals surface area contributed by atoms with Crippen molar-refractivity contribution in [1.29, 1.82) is 0 Å². The second-order valence-corrected chi connectivity index (χ2v) is 4.02. The van der Waals surface area contributed by atoms with Gasteiger partial charge in [-0.1, -0.05) is 12.1 Å². The number of carbonyl (C=O) groups excluding carboxylic acids is 1. The van der Waals surface area contributed by atoms with Crippen LogP contribution >= 0.6 is 12.6 Å². The second-order valence-electron chi connectivity index (χ2n) is 3.57. The minimum Gasteiger partial charge on any atom is -0.497 e. The lowest BCUT2D eigenvalue weighted by Crippen LogP contribution is -2.32. The molecule has 94 valence electrons. The number of hydrogen-bond donors (Lipinski definition) is 2. The van der Waals surface area contributed by atoms with E-state index in [4.69, 9.17) is 15.2 Å². The Bertz CT molecular complexity index is 353. The van der Waals surface area contributed by atoms with Gasteiger partial charge in [-0.15, -0.1) is 0 Å². The van der Waals surface area contributed by atoms with Gasteiger partial charge in [0.1, 0.15) is 18.4 Å². The second kappa shape index (κ2) is 7.19. The minimum atomic E-state index is -0.592. The number of hydrogen-bond acceptors (Lipinski definition) is 5. The maximum atomic E-state index is 11.4. The molecule has 0 spiro atoms. The van der Waals surface area contributed by atoms with Crippen molar-refractivity contribution in [1.82, 2.24) is 0 Å². The van der Waals surface area contributed by atoms with Crippen LogP contribution in [0.1, 0.15) is 12.0 Å². The highest BCUT2D eigenvalue weighted by atomic mass is 32.1. The molecule has 1 atom stereocenters. The van der Waals surface area contributed by atoms with Crippen molar-refractivity contribution in [3.63, 3.8) is 0 Å². The lowest BCUT2D eigenvalue weighted by atomic mass is 10.2. The van der Waals surface area contributed by atoms with E-state index in [0.29, 0.717) is 12.2 Å². The number of nitrogens with two attached hydrogens (primary N) is 1. The summed E-state index contributed by atoms with van der Waals surface area (Å²) in [4.78, 5) is 11.4. The van der Waals surface area contributed by atoms with E-state index >= 15 is 0 Å². The largest absolute Gasteiger partial charge is 0.497 e. The Morgan fingerprint density at radius 2 is 2.06 bits per heavy atom. The number of thiol groups is 1. The van der Waals surface area contributed by atoms with Gasteiger partial charge in [0.15, 0.2) is 0 Å². The smallest absolute Gasteiger partial charge is 0.323 e. The third-order valence-electron chi connectivity index (χ3n) is 2.28. The first-order valence-electron chi connectivity index (χ1n) is 5.33. The van der Waals surface area contributed by atoms with Crippen LogP contribution in [0.5, 0.6) is 5.75 Å². The molecule has 1 rings (SSSR count). The average Bonchev–Trinajstić information content (AvgIpc) is 2.36. The Labute approximate surface area is 107 Å². The van der Waals surface area contributed by atoms with Crippen molar-refractivity contribution in [2.75, 3.05) is 12.9 Å². The molecule has 1 aromatic rings. The molecule has 0 fully saturated rings. The molecular formula is C12H17NO3S. The van der Waals surface area contributed by atoms with Gasteiger partial charge in [-0.3, -0.25) is 4.79 Å². The van der Waals surface area contributed by atoms with Gasteiger partial charge < -0.3 is 15.2 Å². The molecule has 5 heteroatoms. The van der Waals surface area contributed by atoms with Crippen molar-refractivity contribution in [2.45, 2.75) is 19.1 Å². The van der Waals surface area contributed by atoms with Crippen molar-refractivity contribution in [3.05, 3.63) is 29.8 Å². The Morgan fingerprint density at radius 1 is 1.41 bits per heavy atom. The summed E-state index contributed by atoms with van der Waals surface area (Å²) in [6, 6.07) is 6.73. The predicted octanol–water partition coefficient (Wildman–Crippen LogP) is 1.39. The fourth-order valence-electron chi connectivity index (χ4n) is 1.24. The van der Waals surface area contributed by atoms with Crippen LogP contribution in [-0.4, -0.2) is 24.9 Å². The zero-order valence-electron chi connectivity index (χ0n) is 9.76. The molecule has 0 aliphatic rings.